The summed E-state index contributed by atoms with van der Waals surface area (Å²) >= 11 is 0. The fourth-order valence-corrected chi connectivity index (χ4v) is 5.67. The molecule has 107 valence electrons. The van der Waals surface area contributed by atoms with Crippen molar-refractivity contribution in [2.24, 2.45) is 10.7 Å². The summed E-state index contributed by atoms with van der Waals surface area (Å²) < 4.78 is 0. The first kappa shape index (κ1) is 15.0. The van der Waals surface area contributed by atoms with E-state index in [-0.39, 0.29) is 0 Å². The van der Waals surface area contributed by atoms with E-state index in [0.717, 1.165) is 11.1 Å². The van der Waals surface area contributed by atoms with Crippen molar-refractivity contribution in [1.82, 2.24) is 0 Å². The van der Waals surface area contributed by atoms with E-state index in [4.69, 9.17) is 11.1 Å². The minimum atomic E-state index is -0.497. The van der Waals surface area contributed by atoms with Gasteiger partial charge in [0, 0.05) is 11.1 Å². The molecule has 1 aromatic rings. The average Bonchev–Trinajstić information content (AvgIpc) is 2.74. The van der Waals surface area contributed by atoms with E-state index in [1.807, 2.05) is 0 Å². The Morgan fingerprint density at radius 2 is 1.75 bits per heavy atom. The molecule has 2 rings (SSSR count). The predicted molar refractivity (Wildman–Crippen MR) is 88.8 cm³/mol. The fraction of sp³-hybridized carbons (Fsp3) is 0.500. The van der Waals surface area contributed by atoms with E-state index in [1.54, 1.807) is 0 Å². The Morgan fingerprint density at radius 3 is 2.35 bits per heavy atom. The summed E-state index contributed by atoms with van der Waals surface area (Å²) in [4.78, 5) is 4.07. The number of fused-ring (bicyclic) bond motifs is 1. The van der Waals surface area contributed by atoms with Crippen LogP contribution >= 0.6 is 0 Å². The highest BCUT2D eigenvalue weighted by Gasteiger charge is 2.21. The highest BCUT2D eigenvalue weighted by atomic mass is 28.3. The van der Waals surface area contributed by atoms with Crippen LogP contribution in [0.1, 0.15) is 50.7 Å². The predicted octanol–water partition coefficient (Wildman–Crippen LogP) is 3.03. The number of nitrogens with zero attached hydrogens (tertiary/aromatic N) is 1. The normalized spacial score (nSPS) is 13.8. The van der Waals surface area contributed by atoms with Gasteiger partial charge in [0.15, 0.2) is 5.84 Å². The summed E-state index contributed by atoms with van der Waals surface area (Å²) in [5, 5.41) is 9.37. The van der Waals surface area contributed by atoms with Crippen molar-refractivity contribution >= 4 is 25.7 Å². The number of rotatable bonds is 7. The molecule has 0 spiro atoms. The second-order valence-corrected chi connectivity index (χ2v) is 8.20. The van der Waals surface area contributed by atoms with E-state index < -0.39 is 8.80 Å². The number of amidine groups is 2. The molecule has 3 nitrogen and oxygen atoms in total. The Morgan fingerprint density at radius 1 is 1.10 bits per heavy atom. The van der Waals surface area contributed by atoms with Gasteiger partial charge in [-0.3, -0.25) is 5.41 Å². The molecular weight excluding hydrogens is 262 g/mol. The SMILES string of the molecule is CCCC[Si](CCCC)c1ccc2c(c1)C(=N)N=C2N. The number of aliphatic imine (C=N–C) groups is 1. The van der Waals surface area contributed by atoms with Crippen LogP contribution in [0.4, 0.5) is 0 Å². The third kappa shape index (κ3) is 3.18. The van der Waals surface area contributed by atoms with Gasteiger partial charge >= 0.3 is 0 Å². The van der Waals surface area contributed by atoms with Crippen molar-refractivity contribution in [3.05, 3.63) is 29.3 Å². The lowest BCUT2D eigenvalue weighted by molar-refractivity contribution is 0.845. The molecule has 1 heterocycles. The lowest BCUT2D eigenvalue weighted by Gasteiger charge is -2.16. The number of benzene rings is 1. The van der Waals surface area contributed by atoms with Crippen molar-refractivity contribution in [2.45, 2.75) is 51.6 Å². The van der Waals surface area contributed by atoms with Gasteiger partial charge in [0.05, 0.1) is 8.80 Å². The Bertz CT molecular complexity index is 514. The number of nitrogens with one attached hydrogen (secondary N) is 1. The lowest BCUT2D eigenvalue weighted by atomic mass is 10.1. The molecule has 1 aliphatic heterocycles. The standard InChI is InChI=1S/C16H24N3Si/c1-3-5-9-20(10-6-4-2)12-7-8-13-14(11-12)16(18)19-15(13)17/h7-8,11H,3-6,9-10H2,1-2H3,(H3,17,18,19). The van der Waals surface area contributed by atoms with Crippen molar-refractivity contribution in [2.75, 3.05) is 0 Å². The number of hydrogen-bond donors (Lipinski definition) is 2. The van der Waals surface area contributed by atoms with Crippen LogP contribution in [-0.4, -0.2) is 20.5 Å². The summed E-state index contributed by atoms with van der Waals surface area (Å²) in [5.41, 5.74) is 7.70. The van der Waals surface area contributed by atoms with Gasteiger partial charge in [-0.1, -0.05) is 75.0 Å². The molecule has 0 saturated heterocycles. The van der Waals surface area contributed by atoms with Crippen molar-refractivity contribution < 1.29 is 0 Å². The molecule has 0 saturated carbocycles. The van der Waals surface area contributed by atoms with E-state index in [0.29, 0.717) is 11.7 Å². The molecule has 0 bridgehead atoms. The smallest absolute Gasteiger partial charge is 0.154 e. The summed E-state index contributed by atoms with van der Waals surface area (Å²) in [6.45, 7) is 4.51. The third-order valence-electron chi connectivity index (χ3n) is 3.86. The zero-order valence-corrected chi connectivity index (χ0v) is 13.5. The summed E-state index contributed by atoms with van der Waals surface area (Å²) in [7, 11) is -0.497. The number of hydrogen-bond acceptors (Lipinski definition) is 2. The Kier molecular flexibility index (Phi) is 5.12. The molecule has 4 heteroatoms. The van der Waals surface area contributed by atoms with Gasteiger partial charge in [0.2, 0.25) is 0 Å². The van der Waals surface area contributed by atoms with Crippen LogP contribution in [0.5, 0.6) is 0 Å². The Balaban J connectivity index is 2.22. The van der Waals surface area contributed by atoms with Gasteiger partial charge in [-0.25, -0.2) is 4.99 Å². The lowest BCUT2D eigenvalue weighted by Crippen LogP contribution is -2.30. The fourth-order valence-electron chi connectivity index (χ4n) is 2.62. The van der Waals surface area contributed by atoms with Crippen LogP contribution in [0.15, 0.2) is 23.2 Å². The quantitative estimate of drug-likeness (QED) is 0.744. The van der Waals surface area contributed by atoms with Crippen LogP contribution in [-0.2, 0) is 0 Å². The second-order valence-electron chi connectivity index (χ2n) is 5.42. The molecule has 20 heavy (non-hydrogen) atoms. The van der Waals surface area contributed by atoms with Crippen LogP contribution in [0, 0.1) is 5.41 Å². The zero-order chi connectivity index (χ0) is 14.5. The topological polar surface area (TPSA) is 62.2 Å². The molecular formula is C16H24N3Si. The first-order chi connectivity index (χ1) is 9.67. The van der Waals surface area contributed by atoms with Gasteiger partial charge in [0.1, 0.15) is 5.84 Å². The van der Waals surface area contributed by atoms with E-state index in [1.165, 1.54) is 43.0 Å². The van der Waals surface area contributed by atoms with E-state index in [2.05, 4.69) is 37.0 Å². The minimum absolute atomic E-state index is 0.326. The third-order valence-corrected chi connectivity index (χ3v) is 6.90. The van der Waals surface area contributed by atoms with E-state index >= 15 is 0 Å². The molecule has 3 N–H and O–H groups in total. The van der Waals surface area contributed by atoms with Gasteiger partial charge in [-0.15, -0.1) is 0 Å². The molecule has 1 aliphatic rings. The van der Waals surface area contributed by atoms with Crippen molar-refractivity contribution in [3.8, 4) is 0 Å². The largest absolute Gasteiger partial charge is 0.383 e. The van der Waals surface area contributed by atoms with Crippen LogP contribution in [0.2, 0.25) is 12.1 Å². The first-order valence-electron chi connectivity index (χ1n) is 7.60. The Labute approximate surface area is 123 Å². The highest BCUT2D eigenvalue weighted by molar-refractivity contribution is 6.73. The van der Waals surface area contributed by atoms with Crippen molar-refractivity contribution in [1.29, 1.82) is 5.41 Å². The molecule has 1 radical (unpaired) electrons. The minimum Gasteiger partial charge on any atom is -0.383 e. The van der Waals surface area contributed by atoms with Gasteiger partial charge in [0.25, 0.3) is 0 Å². The molecule has 0 aromatic heterocycles. The van der Waals surface area contributed by atoms with Gasteiger partial charge in [-0.05, 0) is 0 Å². The highest BCUT2D eigenvalue weighted by Crippen LogP contribution is 2.18. The first-order valence-corrected chi connectivity index (χ1v) is 9.51. The Hall–Kier alpha value is -1.42. The summed E-state index contributed by atoms with van der Waals surface area (Å²) in [6.07, 6.45) is 5.14. The average molecular weight is 286 g/mol. The van der Waals surface area contributed by atoms with Crippen LogP contribution in [0.25, 0.3) is 0 Å². The summed E-state index contributed by atoms with van der Waals surface area (Å²) in [5.74, 6) is 0.819. The molecule has 0 amide bonds. The van der Waals surface area contributed by atoms with Crippen LogP contribution in [0.3, 0.4) is 0 Å². The van der Waals surface area contributed by atoms with E-state index in [9.17, 15) is 0 Å². The molecule has 0 fully saturated rings. The monoisotopic (exact) mass is 286 g/mol. The molecule has 0 unspecified atom stereocenters. The van der Waals surface area contributed by atoms with Gasteiger partial charge < -0.3 is 5.73 Å². The summed E-state index contributed by atoms with van der Waals surface area (Å²) in [6, 6.07) is 9.14. The number of nitrogens with two attached hydrogens (primary N) is 1. The molecule has 1 aromatic carbocycles. The second kappa shape index (κ2) is 6.84. The van der Waals surface area contributed by atoms with Gasteiger partial charge in [-0.2, -0.15) is 0 Å². The van der Waals surface area contributed by atoms with Crippen LogP contribution < -0.4 is 10.9 Å². The maximum absolute atomic E-state index is 7.92. The van der Waals surface area contributed by atoms with Crippen molar-refractivity contribution in [3.63, 3.8) is 0 Å². The molecule has 0 aliphatic carbocycles. The maximum atomic E-state index is 7.92. The molecule has 0 atom stereocenters. The maximum Gasteiger partial charge on any atom is 0.154 e. The number of unbranched alkanes of at least 4 members (excludes halogenated alkanes) is 2. The zero-order valence-electron chi connectivity index (χ0n) is 12.5.